The summed E-state index contributed by atoms with van der Waals surface area (Å²) in [6, 6.07) is 4.42. The number of hydrogen-bond donors (Lipinski definition) is 2. The Bertz CT molecular complexity index is 331. The molecule has 1 rings (SSSR count). The third-order valence-electron chi connectivity index (χ3n) is 2.61. The maximum Gasteiger partial charge on any atom is 0.125 e. The molecule has 3 N–H and O–H groups in total. The van der Waals surface area contributed by atoms with E-state index in [-0.39, 0.29) is 5.82 Å². The van der Waals surface area contributed by atoms with E-state index in [0.29, 0.717) is 11.4 Å². The van der Waals surface area contributed by atoms with Crippen LogP contribution in [0, 0.1) is 5.82 Å². The Balaban J connectivity index is 2.15. The average molecular weight is 256 g/mol. The standard InChI is InChI=1S/C13H21FN2S/c1-17-9-5-3-2-4-8-16-13-10-11(14)6-7-12(13)15/h6-7,10,16H,2-5,8-9,15H2,1H3. The first-order chi connectivity index (χ1) is 8.24. The summed E-state index contributed by atoms with van der Waals surface area (Å²) in [7, 11) is 0. The largest absolute Gasteiger partial charge is 0.397 e. The van der Waals surface area contributed by atoms with Crippen molar-refractivity contribution in [2.45, 2.75) is 25.7 Å². The summed E-state index contributed by atoms with van der Waals surface area (Å²) in [6.07, 6.45) is 6.99. The average Bonchev–Trinajstić information content (AvgIpc) is 2.32. The van der Waals surface area contributed by atoms with Crippen LogP contribution >= 0.6 is 11.8 Å². The van der Waals surface area contributed by atoms with E-state index in [4.69, 9.17) is 5.73 Å². The minimum Gasteiger partial charge on any atom is -0.397 e. The van der Waals surface area contributed by atoms with Gasteiger partial charge in [0.05, 0.1) is 11.4 Å². The Hall–Kier alpha value is -0.900. The number of nitrogen functional groups attached to an aromatic ring is 1. The maximum absolute atomic E-state index is 13.0. The van der Waals surface area contributed by atoms with Gasteiger partial charge in [-0.3, -0.25) is 0 Å². The van der Waals surface area contributed by atoms with Crippen molar-refractivity contribution in [2.75, 3.05) is 29.6 Å². The van der Waals surface area contributed by atoms with Crippen LogP contribution in [0.25, 0.3) is 0 Å². The minimum absolute atomic E-state index is 0.248. The lowest BCUT2D eigenvalue weighted by atomic mass is 10.2. The lowest BCUT2D eigenvalue weighted by Crippen LogP contribution is -2.04. The fourth-order valence-corrected chi connectivity index (χ4v) is 2.12. The highest BCUT2D eigenvalue weighted by atomic mass is 32.2. The fourth-order valence-electron chi connectivity index (χ4n) is 1.63. The van der Waals surface area contributed by atoms with Crippen LogP contribution in [0.1, 0.15) is 25.7 Å². The first-order valence-electron chi connectivity index (χ1n) is 6.02. The SMILES string of the molecule is CSCCCCCCNc1cc(F)ccc1N. The van der Waals surface area contributed by atoms with E-state index < -0.39 is 0 Å². The number of unbranched alkanes of at least 4 members (excludes halogenated alkanes) is 3. The molecule has 0 unspecified atom stereocenters. The molecule has 0 bridgehead atoms. The monoisotopic (exact) mass is 256 g/mol. The molecule has 0 aliphatic rings. The van der Waals surface area contributed by atoms with Gasteiger partial charge in [0.15, 0.2) is 0 Å². The van der Waals surface area contributed by atoms with Crippen molar-refractivity contribution in [3.8, 4) is 0 Å². The van der Waals surface area contributed by atoms with Crippen molar-refractivity contribution in [1.82, 2.24) is 0 Å². The predicted octanol–water partition coefficient (Wildman–Crippen LogP) is 3.74. The molecule has 96 valence electrons. The summed E-state index contributed by atoms with van der Waals surface area (Å²) < 4.78 is 13.0. The molecule has 0 amide bonds. The molecule has 0 atom stereocenters. The van der Waals surface area contributed by atoms with Gasteiger partial charge in [-0.2, -0.15) is 11.8 Å². The summed E-state index contributed by atoms with van der Waals surface area (Å²) in [5.74, 6) is 0.992. The van der Waals surface area contributed by atoms with Crippen LogP contribution in [-0.4, -0.2) is 18.6 Å². The zero-order valence-electron chi connectivity index (χ0n) is 10.3. The topological polar surface area (TPSA) is 38.0 Å². The molecule has 0 saturated heterocycles. The van der Waals surface area contributed by atoms with Gasteiger partial charge in [0.25, 0.3) is 0 Å². The van der Waals surface area contributed by atoms with Crippen molar-refractivity contribution < 1.29 is 4.39 Å². The minimum atomic E-state index is -0.248. The molecule has 1 aromatic rings. The zero-order chi connectivity index (χ0) is 12.5. The zero-order valence-corrected chi connectivity index (χ0v) is 11.2. The molecule has 17 heavy (non-hydrogen) atoms. The second-order valence-electron chi connectivity index (χ2n) is 4.07. The molecule has 2 nitrogen and oxygen atoms in total. The number of thioether (sulfide) groups is 1. The van der Waals surface area contributed by atoms with Gasteiger partial charge in [0.2, 0.25) is 0 Å². The van der Waals surface area contributed by atoms with Crippen LogP contribution in [0.15, 0.2) is 18.2 Å². The van der Waals surface area contributed by atoms with Gasteiger partial charge < -0.3 is 11.1 Å². The van der Waals surface area contributed by atoms with E-state index in [1.54, 1.807) is 6.07 Å². The van der Waals surface area contributed by atoms with Crippen LogP contribution < -0.4 is 11.1 Å². The number of nitrogens with one attached hydrogen (secondary N) is 1. The molecule has 1 aromatic carbocycles. The van der Waals surface area contributed by atoms with Gasteiger partial charge in [-0.05, 0) is 43.0 Å². The number of benzene rings is 1. The lowest BCUT2D eigenvalue weighted by Gasteiger charge is -2.09. The molecule has 0 radical (unpaired) electrons. The van der Waals surface area contributed by atoms with Gasteiger partial charge >= 0.3 is 0 Å². The quantitative estimate of drug-likeness (QED) is 0.549. The number of anilines is 2. The normalized spacial score (nSPS) is 10.5. The van der Waals surface area contributed by atoms with E-state index in [0.717, 1.165) is 13.0 Å². The second kappa shape index (κ2) is 8.23. The first-order valence-corrected chi connectivity index (χ1v) is 7.41. The Morgan fingerprint density at radius 2 is 2.00 bits per heavy atom. The third kappa shape index (κ3) is 5.82. The van der Waals surface area contributed by atoms with Gasteiger partial charge in [0.1, 0.15) is 5.82 Å². The van der Waals surface area contributed by atoms with Crippen LogP contribution in [-0.2, 0) is 0 Å². The van der Waals surface area contributed by atoms with E-state index >= 15 is 0 Å². The summed E-state index contributed by atoms with van der Waals surface area (Å²) in [6.45, 7) is 0.854. The Labute approximate surface area is 107 Å². The summed E-state index contributed by atoms with van der Waals surface area (Å²) in [5, 5.41) is 3.17. The molecule has 0 aliphatic heterocycles. The summed E-state index contributed by atoms with van der Waals surface area (Å²) in [4.78, 5) is 0. The highest BCUT2D eigenvalue weighted by Crippen LogP contribution is 2.19. The number of halogens is 1. The van der Waals surface area contributed by atoms with E-state index in [1.807, 2.05) is 11.8 Å². The predicted molar refractivity (Wildman–Crippen MR) is 76.2 cm³/mol. The second-order valence-corrected chi connectivity index (χ2v) is 5.05. The molecule has 0 saturated carbocycles. The van der Waals surface area contributed by atoms with Crippen LogP contribution in [0.4, 0.5) is 15.8 Å². The molecule has 0 heterocycles. The molecular weight excluding hydrogens is 235 g/mol. The molecule has 0 aliphatic carbocycles. The van der Waals surface area contributed by atoms with Crippen LogP contribution in [0.2, 0.25) is 0 Å². The molecule has 4 heteroatoms. The molecular formula is C13H21FN2S. The number of nitrogens with two attached hydrogens (primary N) is 1. The van der Waals surface area contributed by atoms with Gasteiger partial charge in [0, 0.05) is 6.54 Å². The Morgan fingerprint density at radius 1 is 1.24 bits per heavy atom. The van der Waals surface area contributed by atoms with E-state index in [1.165, 1.54) is 37.1 Å². The van der Waals surface area contributed by atoms with Crippen LogP contribution in [0.3, 0.4) is 0 Å². The van der Waals surface area contributed by atoms with E-state index in [2.05, 4.69) is 11.6 Å². The van der Waals surface area contributed by atoms with Gasteiger partial charge in [-0.15, -0.1) is 0 Å². The lowest BCUT2D eigenvalue weighted by molar-refractivity contribution is 0.628. The Kier molecular flexibility index (Phi) is 6.86. The van der Waals surface area contributed by atoms with Gasteiger partial charge in [-0.25, -0.2) is 4.39 Å². The maximum atomic E-state index is 13.0. The van der Waals surface area contributed by atoms with Crippen molar-refractivity contribution >= 4 is 23.1 Å². The molecule has 0 spiro atoms. The van der Waals surface area contributed by atoms with E-state index in [9.17, 15) is 4.39 Å². The van der Waals surface area contributed by atoms with Crippen molar-refractivity contribution in [3.05, 3.63) is 24.0 Å². The van der Waals surface area contributed by atoms with Crippen molar-refractivity contribution in [2.24, 2.45) is 0 Å². The molecule has 0 aromatic heterocycles. The highest BCUT2D eigenvalue weighted by molar-refractivity contribution is 7.98. The first kappa shape index (κ1) is 14.2. The number of rotatable bonds is 8. The number of hydrogen-bond acceptors (Lipinski definition) is 3. The highest BCUT2D eigenvalue weighted by Gasteiger charge is 1.99. The van der Waals surface area contributed by atoms with Gasteiger partial charge in [-0.1, -0.05) is 12.8 Å². The third-order valence-corrected chi connectivity index (χ3v) is 3.30. The van der Waals surface area contributed by atoms with Crippen molar-refractivity contribution in [3.63, 3.8) is 0 Å². The van der Waals surface area contributed by atoms with Crippen LogP contribution in [0.5, 0.6) is 0 Å². The summed E-state index contributed by atoms with van der Waals surface area (Å²) >= 11 is 1.89. The summed E-state index contributed by atoms with van der Waals surface area (Å²) in [5.41, 5.74) is 7.05. The smallest absolute Gasteiger partial charge is 0.125 e. The fraction of sp³-hybridized carbons (Fsp3) is 0.538. The Morgan fingerprint density at radius 3 is 2.76 bits per heavy atom. The van der Waals surface area contributed by atoms with Crippen molar-refractivity contribution in [1.29, 1.82) is 0 Å². The molecule has 0 fully saturated rings.